The zero-order chi connectivity index (χ0) is 20.5. The zero-order valence-corrected chi connectivity index (χ0v) is 17.6. The van der Waals surface area contributed by atoms with E-state index in [1.807, 2.05) is 24.3 Å². The van der Waals surface area contributed by atoms with E-state index < -0.39 is 0 Å². The second kappa shape index (κ2) is 8.36. The molecule has 1 aliphatic heterocycles. The molecule has 1 aromatic carbocycles. The Labute approximate surface area is 181 Å². The van der Waals surface area contributed by atoms with Crippen LogP contribution in [0.25, 0.3) is 5.69 Å². The molecule has 1 saturated carbocycles. The quantitative estimate of drug-likeness (QED) is 0.683. The summed E-state index contributed by atoms with van der Waals surface area (Å²) in [5, 5.41) is 9.99. The van der Waals surface area contributed by atoms with Gasteiger partial charge in [-0.1, -0.05) is 17.7 Å². The molecule has 6 nitrogen and oxygen atoms in total. The monoisotopic (exact) mass is 423 g/mol. The van der Waals surface area contributed by atoms with Crippen LogP contribution in [0.15, 0.2) is 42.6 Å². The molecule has 0 bridgehead atoms. The summed E-state index contributed by atoms with van der Waals surface area (Å²) in [5.74, 6) is 3.49. The number of rotatable bonds is 4. The first-order valence-corrected chi connectivity index (χ1v) is 11.1. The van der Waals surface area contributed by atoms with Gasteiger partial charge in [0.1, 0.15) is 17.8 Å². The molecule has 1 fully saturated rings. The van der Waals surface area contributed by atoms with Crippen LogP contribution in [0.2, 0.25) is 5.02 Å². The maximum absolute atomic E-state index is 6.30. The van der Waals surface area contributed by atoms with Gasteiger partial charge in [-0.15, -0.1) is 10.2 Å². The van der Waals surface area contributed by atoms with Crippen LogP contribution in [-0.4, -0.2) is 32.4 Å². The molecule has 0 radical (unpaired) electrons. The van der Waals surface area contributed by atoms with Crippen LogP contribution in [0.5, 0.6) is 5.88 Å². The van der Waals surface area contributed by atoms with Crippen LogP contribution in [-0.2, 0) is 12.8 Å². The molecule has 7 heteroatoms. The largest absolute Gasteiger partial charge is 0.474 e. The van der Waals surface area contributed by atoms with Gasteiger partial charge in [-0.25, -0.2) is 4.98 Å². The van der Waals surface area contributed by atoms with Crippen LogP contribution < -0.4 is 10.5 Å². The molecule has 0 spiro atoms. The number of halogens is 1. The maximum Gasteiger partial charge on any atom is 0.213 e. The van der Waals surface area contributed by atoms with Crippen molar-refractivity contribution in [2.75, 3.05) is 6.54 Å². The number of benzene rings is 1. The molecule has 3 heterocycles. The highest BCUT2D eigenvalue weighted by atomic mass is 35.5. The Morgan fingerprint density at radius 3 is 2.70 bits per heavy atom. The highest BCUT2D eigenvalue weighted by molar-refractivity contribution is 6.30. The van der Waals surface area contributed by atoms with E-state index in [1.165, 1.54) is 5.56 Å². The van der Waals surface area contributed by atoms with Gasteiger partial charge in [-0.05, 0) is 74.4 Å². The summed E-state index contributed by atoms with van der Waals surface area (Å²) in [6.07, 6.45) is 7.76. The molecule has 156 valence electrons. The lowest BCUT2D eigenvalue weighted by molar-refractivity contribution is 0.139. The number of hydrogen-bond donors (Lipinski definition) is 1. The van der Waals surface area contributed by atoms with Crippen molar-refractivity contribution in [2.45, 2.75) is 50.5 Å². The van der Waals surface area contributed by atoms with Gasteiger partial charge in [0.05, 0.1) is 5.69 Å². The van der Waals surface area contributed by atoms with Crippen molar-refractivity contribution in [1.29, 1.82) is 0 Å². The molecule has 0 amide bonds. The molecule has 2 N–H and O–H groups in total. The minimum absolute atomic E-state index is 0.204. The minimum atomic E-state index is 0.204. The third-order valence-electron chi connectivity index (χ3n) is 6.32. The summed E-state index contributed by atoms with van der Waals surface area (Å²) >= 11 is 6.30. The van der Waals surface area contributed by atoms with Crippen LogP contribution in [0.4, 0.5) is 0 Å². The van der Waals surface area contributed by atoms with E-state index in [0.717, 1.165) is 60.9 Å². The number of nitrogens with two attached hydrogens (primary N) is 1. The average Bonchev–Trinajstić information content (AvgIpc) is 3.11. The van der Waals surface area contributed by atoms with Crippen molar-refractivity contribution < 1.29 is 4.74 Å². The zero-order valence-electron chi connectivity index (χ0n) is 16.9. The molecule has 30 heavy (non-hydrogen) atoms. The van der Waals surface area contributed by atoms with Gasteiger partial charge in [-0.3, -0.25) is 4.57 Å². The summed E-state index contributed by atoms with van der Waals surface area (Å²) in [7, 11) is 0. The summed E-state index contributed by atoms with van der Waals surface area (Å²) in [6.45, 7) is 0.629. The Morgan fingerprint density at radius 1 is 1.07 bits per heavy atom. The van der Waals surface area contributed by atoms with Gasteiger partial charge in [-0.2, -0.15) is 0 Å². The number of fused-ring (bicyclic) bond motifs is 3. The van der Waals surface area contributed by atoms with Crippen LogP contribution >= 0.6 is 11.6 Å². The van der Waals surface area contributed by atoms with Gasteiger partial charge in [0.2, 0.25) is 5.88 Å². The van der Waals surface area contributed by atoms with Gasteiger partial charge >= 0.3 is 0 Å². The number of pyridine rings is 1. The van der Waals surface area contributed by atoms with E-state index in [1.54, 1.807) is 6.20 Å². The molecule has 5 rings (SSSR count). The smallest absolute Gasteiger partial charge is 0.213 e. The van der Waals surface area contributed by atoms with E-state index in [2.05, 4.69) is 31.9 Å². The normalized spacial score (nSPS) is 23.3. The van der Waals surface area contributed by atoms with Gasteiger partial charge in [0.25, 0.3) is 0 Å². The Hall–Kier alpha value is -2.44. The van der Waals surface area contributed by atoms with E-state index in [9.17, 15) is 0 Å². The minimum Gasteiger partial charge on any atom is -0.474 e. The van der Waals surface area contributed by atoms with Gasteiger partial charge in [0.15, 0.2) is 0 Å². The van der Waals surface area contributed by atoms with E-state index in [4.69, 9.17) is 22.1 Å². The lowest BCUT2D eigenvalue weighted by Crippen LogP contribution is -2.25. The number of ether oxygens (including phenoxy) is 1. The lowest BCUT2D eigenvalue weighted by Gasteiger charge is -2.28. The van der Waals surface area contributed by atoms with Crippen LogP contribution in [0, 0.1) is 5.92 Å². The summed E-state index contributed by atoms with van der Waals surface area (Å²) in [5.41, 5.74) is 8.42. The van der Waals surface area contributed by atoms with Gasteiger partial charge in [0, 0.05) is 29.6 Å². The maximum atomic E-state index is 6.30. The first kappa shape index (κ1) is 19.5. The topological polar surface area (TPSA) is 78.9 Å². The molecule has 1 unspecified atom stereocenters. The van der Waals surface area contributed by atoms with Crippen molar-refractivity contribution in [3.63, 3.8) is 0 Å². The Balaban J connectivity index is 1.39. The molecule has 2 aromatic heterocycles. The predicted molar refractivity (Wildman–Crippen MR) is 116 cm³/mol. The second-order valence-corrected chi connectivity index (χ2v) is 8.79. The highest BCUT2D eigenvalue weighted by Gasteiger charge is 2.31. The Morgan fingerprint density at radius 2 is 1.93 bits per heavy atom. The van der Waals surface area contributed by atoms with Crippen molar-refractivity contribution in [1.82, 2.24) is 19.7 Å². The number of hydrogen-bond acceptors (Lipinski definition) is 5. The fraction of sp³-hybridized carbons (Fsp3) is 0.435. The Kier molecular flexibility index (Phi) is 5.44. The van der Waals surface area contributed by atoms with Gasteiger partial charge < -0.3 is 10.5 Å². The number of aromatic nitrogens is 4. The Bertz CT molecular complexity index is 1010. The van der Waals surface area contributed by atoms with Crippen molar-refractivity contribution in [3.8, 4) is 11.6 Å². The van der Waals surface area contributed by atoms with E-state index in [0.29, 0.717) is 24.3 Å². The van der Waals surface area contributed by atoms with Crippen molar-refractivity contribution >= 4 is 11.6 Å². The standard InChI is InChI=1S/C23H26ClN5O/c24-18-6-9-20-17(13-18)11-15(14-25)12-21-27-28-23(29(20)21)16-4-7-19(8-5-16)30-22-3-1-2-10-26-22/h1-3,6,9-10,13,15-16,19H,4-5,7-8,11-12,14,25H2. The molecule has 0 saturated heterocycles. The van der Waals surface area contributed by atoms with E-state index in [-0.39, 0.29) is 6.10 Å². The SMILES string of the molecule is NCC1Cc2cc(Cl)ccc2-n2c(nnc2C2CCC(Oc3ccccn3)CC2)C1. The summed E-state index contributed by atoms with van der Waals surface area (Å²) in [6, 6.07) is 11.9. The fourth-order valence-corrected chi connectivity index (χ4v) is 4.95. The van der Waals surface area contributed by atoms with E-state index >= 15 is 0 Å². The summed E-state index contributed by atoms with van der Waals surface area (Å²) < 4.78 is 8.34. The molecule has 3 aromatic rings. The number of nitrogens with zero attached hydrogens (tertiary/aromatic N) is 4. The van der Waals surface area contributed by atoms with Crippen LogP contribution in [0.1, 0.15) is 48.8 Å². The third-order valence-corrected chi connectivity index (χ3v) is 6.55. The first-order chi connectivity index (χ1) is 14.7. The predicted octanol–water partition coefficient (Wildman–Crippen LogP) is 4.09. The third kappa shape index (κ3) is 3.82. The molecule has 1 aliphatic carbocycles. The lowest BCUT2D eigenvalue weighted by atomic mass is 9.86. The second-order valence-electron chi connectivity index (χ2n) is 8.35. The fourth-order valence-electron chi connectivity index (χ4n) is 4.76. The first-order valence-electron chi connectivity index (χ1n) is 10.7. The molecular formula is C23H26ClN5O. The highest BCUT2D eigenvalue weighted by Crippen LogP contribution is 2.37. The molecule has 1 atom stereocenters. The summed E-state index contributed by atoms with van der Waals surface area (Å²) in [4.78, 5) is 4.29. The van der Waals surface area contributed by atoms with Crippen LogP contribution in [0.3, 0.4) is 0 Å². The molecule has 2 aliphatic rings. The van der Waals surface area contributed by atoms with Crippen molar-refractivity contribution in [2.24, 2.45) is 11.7 Å². The average molecular weight is 424 g/mol. The van der Waals surface area contributed by atoms with Crippen molar-refractivity contribution in [3.05, 3.63) is 64.8 Å². The molecular weight excluding hydrogens is 398 g/mol.